The van der Waals surface area contributed by atoms with E-state index < -0.39 is 0 Å². The molecule has 1 aromatic heterocycles. The average molecular weight is 216 g/mol. The Bertz CT molecular complexity index is 452. The van der Waals surface area contributed by atoms with Gasteiger partial charge in [0.1, 0.15) is 12.1 Å². The van der Waals surface area contributed by atoms with E-state index in [0.717, 1.165) is 5.69 Å². The Morgan fingerprint density at radius 2 is 2.50 bits per heavy atom. The summed E-state index contributed by atoms with van der Waals surface area (Å²) in [6, 6.07) is 3.52. The molecule has 16 heavy (non-hydrogen) atoms. The molecule has 5 heteroatoms. The molecule has 1 N–H and O–H groups in total. The minimum absolute atomic E-state index is 0.0148. The third-order valence-corrected chi connectivity index (χ3v) is 2.73. The van der Waals surface area contributed by atoms with Gasteiger partial charge in [-0.05, 0) is 13.0 Å². The molecule has 2 heterocycles. The lowest BCUT2D eigenvalue weighted by atomic mass is 10.1. The van der Waals surface area contributed by atoms with Crippen molar-refractivity contribution in [2.24, 2.45) is 0 Å². The van der Waals surface area contributed by atoms with E-state index in [4.69, 9.17) is 5.26 Å². The van der Waals surface area contributed by atoms with Gasteiger partial charge in [-0.1, -0.05) is 0 Å². The quantitative estimate of drug-likeness (QED) is 0.732. The van der Waals surface area contributed by atoms with Crippen LogP contribution >= 0.6 is 0 Å². The van der Waals surface area contributed by atoms with Crippen molar-refractivity contribution in [2.75, 3.05) is 18.0 Å². The molecular formula is C11H12N4O. The van der Waals surface area contributed by atoms with Crippen molar-refractivity contribution >= 4 is 11.6 Å². The van der Waals surface area contributed by atoms with Crippen molar-refractivity contribution in [2.45, 2.75) is 13.0 Å². The molecule has 1 amide bonds. The van der Waals surface area contributed by atoms with Crippen molar-refractivity contribution in [1.29, 1.82) is 5.26 Å². The lowest BCUT2D eigenvalue weighted by Gasteiger charge is -2.34. The maximum atomic E-state index is 11.5. The number of anilines is 1. The molecule has 1 aliphatic heterocycles. The van der Waals surface area contributed by atoms with E-state index in [1.807, 2.05) is 11.8 Å². The number of aromatic nitrogens is 1. The zero-order chi connectivity index (χ0) is 11.5. The zero-order valence-electron chi connectivity index (χ0n) is 8.97. The molecule has 1 unspecified atom stereocenters. The summed E-state index contributed by atoms with van der Waals surface area (Å²) in [5.41, 5.74) is 1.28. The first-order valence-electron chi connectivity index (χ1n) is 5.12. The van der Waals surface area contributed by atoms with E-state index in [2.05, 4.69) is 16.4 Å². The van der Waals surface area contributed by atoms with E-state index in [-0.39, 0.29) is 11.9 Å². The van der Waals surface area contributed by atoms with Crippen molar-refractivity contribution in [3.63, 3.8) is 0 Å². The van der Waals surface area contributed by atoms with Gasteiger partial charge in [-0.2, -0.15) is 5.26 Å². The number of piperazine rings is 1. The molecule has 5 nitrogen and oxygen atoms in total. The van der Waals surface area contributed by atoms with Gasteiger partial charge in [0, 0.05) is 19.3 Å². The lowest BCUT2D eigenvalue weighted by molar-refractivity contribution is -0.122. The summed E-state index contributed by atoms with van der Waals surface area (Å²) in [5, 5.41) is 11.8. The maximum Gasteiger partial charge on any atom is 0.242 e. The summed E-state index contributed by atoms with van der Waals surface area (Å²) in [4.78, 5) is 17.4. The number of carbonyl (C=O) groups excluding carboxylic acids is 1. The van der Waals surface area contributed by atoms with E-state index in [0.29, 0.717) is 18.7 Å². The number of pyridine rings is 1. The Morgan fingerprint density at radius 1 is 1.69 bits per heavy atom. The van der Waals surface area contributed by atoms with Gasteiger partial charge in [-0.25, -0.2) is 0 Å². The average Bonchev–Trinajstić information content (AvgIpc) is 2.33. The number of nitrogens with zero attached hydrogens (tertiary/aromatic N) is 3. The fourth-order valence-electron chi connectivity index (χ4n) is 1.82. The van der Waals surface area contributed by atoms with Gasteiger partial charge in [0.25, 0.3) is 0 Å². The van der Waals surface area contributed by atoms with E-state index >= 15 is 0 Å². The Balaban J connectivity index is 2.36. The van der Waals surface area contributed by atoms with Crippen LogP contribution in [0, 0.1) is 11.3 Å². The Hall–Kier alpha value is -2.09. The van der Waals surface area contributed by atoms with Gasteiger partial charge in [0.05, 0.1) is 17.4 Å². The molecule has 1 atom stereocenters. The van der Waals surface area contributed by atoms with Crippen molar-refractivity contribution < 1.29 is 4.79 Å². The van der Waals surface area contributed by atoms with Crippen LogP contribution in [0.15, 0.2) is 18.5 Å². The van der Waals surface area contributed by atoms with Crippen LogP contribution in [0.5, 0.6) is 0 Å². The minimum Gasteiger partial charge on any atom is -0.356 e. The van der Waals surface area contributed by atoms with Crippen LogP contribution in [0.4, 0.5) is 5.69 Å². The normalized spacial score (nSPS) is 20.1. The highest BCUT2D eigenvalue weighted by molar-refractivity contribution is 5.86. The highest BCUT2D eigenvalue weighted by Crippen LogP contribution is 2.21. The van der Waals surface area contributed by atoms with Gasteiger partial charge in [0.2, 0.25) is 5.91 Å². The second kappa shape index (κ2) is 4.19. The second-order valence-electron chi connectivity index (χ2n) is 3.67. The first-order chi connectivity index (χ1) is 7.74. The van der Waals surface area contributed by atoms with E-state index in [1.165, 1.54) is 0 Å². The molecule has 0 aromatic carbocycles. The fraction of sp³-hybridized carbons (Fsp3) is 0.364. The molecule has 2 rings (SSSR count). The maximum absolute atomic E-state index is 11.5. The molecule has 1 saturated heterocycles. The molecular weight excluding hydrogens is 204 g/mol. The molecule has 0 aliphatic carbocycles. The fourth-order valence-corrected chi connectivity index (χ4v) is 1.82. The van der Waals surface area contributed by atoms with Crippen molar-refractivity contribution in [3.8, 4) is 6.07 Å². The third-order valence-electron chi connectivity index (χ3n) is 2.73. The molecule has 1 aromatic rings. The van der Waals surface area contributed by atoms with Crippen molar-refractivity contribution in [3.05, 3.63) is 24.0 Å². The summed E-state index contributed by atoms with van der Waals surface area (Å²) in [5.74, 6) is -0.0148. The number of nitriles is 1. The first-order valence-corrected chi connectivity index (χ1v) is 5.12. The summed E-state index contributed by atoms with van der Waals surface area (Å²) in [6.07, 6.45) is 3.21. The predicted molar refractivity (Wildman–Crippen MR) is 58.8 cm³/mol. The van der Waals surface area contributed by atoms with Crippen LogP contribution in [0.25, 0.3) is 0 Å². The van der Waals surface area contributed by atoms with Crippen LogP contribution in [0.2, 0.25) is 0 Å². The number of hydrogen-bond donors (Lipinski definition) is 1. The number of nitrogens with one attached hydrogen (secondary N) is 1. The smallest absolute Gasteiger partial charge is 0.242 e. The van der Waals surface area contributed by atoms with E-state index in [1.54, 1.807) is 18.5 Å². The SMILES string of the molecule is CC1C(=O)NCCN1c1cnccc1C#N. The van der Waals surface area contributed by atoms with Gasteiger partial charge < -0.3 is 10.2 Å². The highest BCUT2D eigenvalue weighted by Gasteiger charge is 2.27. The highest BCUT2D eigenvalue weighted by atomic mass is 16.2. The van der Waals surface area contributed by atoms with Gasteiger partial charge in [-0.3, -0.25) is 9.78 Å². The number of amides is 1. The van der Waals surface area contributed by atoms with E-state index in [9.17, 15) is 4.79 Å². The molecule has 0 radical (unpaired) electrons. The predicted octanol–water partition coefficient (Wildman–Crippen LogP) is 0.278. The molecule has 1 fully saturated rings. The Morgan fingerprint density at radius 3 is 3.25 bits per heavy atom. The van der Waals surface area contributed by atoms with Gasteiger partial charge >= 0.3 is 0 Å². The first kappa shape index (κ1) is 10.4. The molecule has 0 spiro atoms. The summed E-state index contributed by atoms with van der Waals surface area (Å²) >= 11 is 0. The zero-order valence-corrected chi connectivity index (χ0v) is 8.97. The largest absolute Gasteiger partial charge is 0.356 e. The topological polar surface area (TPSA) is 69.0 Å². The van der Waals surface area contributed by atoms with Crippen LogP contribution in [-0.2, 0) is 4.79 Å². The second-order valence-corrected chi connectivity index (χ2v) is 3.67. The Labute approximate surface area is 93.7 Å². The summed E-state index contributed by atoms with van der Waals surface area (Å²) in [6.45, 7) is 3.12. The number of carbonyl (C=O) groups is 1. The van der Waals surface area contributed by atoms with Crippen molar-refractivity contribution in [1.82, 2.24) is 10.3 Å². The standard InChI is InChI=1S/C11H12N4O/c1-8-11(16)14-4-5-15(8)10-7-13-3-2-9(10)6-12/h2-3,7-8H,4-5H2,1H3,(H,14,16). The van der Waals surface area contributed by atoms with Crippen LogP contribution in [-0.4, -0.2) is 30.0 Å². The monoisotopic (exact) mass is 216 g/mol. The van der Waals surface area contributed by atoms with Crippen LogP contribution < -0.4 is 10.2 Å². The molecule has 82 valence electrons. The summed E-state index contributed by atoms with van der Waals surface area (Å²) in [7, 11) is 0. The lowest BCUT2D eigenvalue weighted by Crippen LogP contribution is -2.54. The van der Waals surface area contributed by atoms with Crippen LogP contribution in [0.1, 0.15) is 12.5 Å². The van der Waals surface area contributed by atoms with Gasteiger partial charge in [0.15, 0.2) is 0 Å². The molecule has 0 bridgehead atoms. The molecule has 0 saturated carbocycles. The third kappa shape index (κ3) is 1.70. The summed E-state index contributed by atoms with van der Waals surface area (Å²) < 4.78 is 0. The van der Waals surface area contributed by atoms with Crippen LogP contribution in [0.3, 0.4) is 0 Å². The number of rotatable bonds is 1. The minimum atomic E-state index is -0.259. The molecule has 1 aliphatic rings. The number of hydrogen-bond acceptors (Lipinski definition) is 4. The Kier molecular flexibility index (Phi) is 2.73. The van der Waals surface area contributed by atoms with Gasteiger partial charge in [-0.15, -0.1) is 0 Å².